The number of esters is 1. The fourth-order valence-corrected chi connectivity index (χ4v) is 3.28. The molecule has 2 rings (SSSR count). The Balaban J connectivity index is 2.46. The highest BCUT2D eigenvalue weighted by molar-refractivity contribution is 7.98. The van der Waals surface area contributed by atoms with Crippen molar-refractivity contribution in [3.63, 3.8) is 0 Å². The molecule has 7 nitrogen and oxygen atoms in total. The van der Waals surface area contributed by atoms with Crippen molar-refractivity contribution >= 4 is 29.3 Å². The maximum Gasteiger partial charge on any atom is 0.328 e. The first-order valence-electron chi connectivity index (χ1n) is 8.61. The number of thioether (sulfide) groups is 1. The predicted molar refractivity (Wildman–Crippen MR) is 110 cm³/mol. The molecule has 148 valence electrons. The van der Waals surface area contributed by atoms with Crippen LogP contribution in [0.25, 0.3) is 11.1 Å². The lowest BCUT2D eigenvalue weighted by molar-refractivity contribution is -0.384. The van der Waals surface area contributed by atoms with Gasteiger partial charge in [0.2, 0.25) is 0 Å². The molecule has 8 heteroatoms. The third-order valence-electron chi connectivity index (χ3n) is 4.30. The molecule has 0 fully saturated rings. The number of hydrogen-bond acceptors (Lipinski definition) is 6. The molecular formula is C20H22N2O5S. The molecular weight excluding hydrogens is 380 g/mol. The molecule has 1 amide bonds. The predicted octanol–water partition coefficient (Wildman–Crippen LogP) is 3.59. The number of nitro benzene ring substituents is 1. The molecule has 1 atom stereocenters. The Morgan fingerprint density at radius 1 is 1.21 bits per heavy atom. The summed E-state index contributed by atoms with van der Waals surface area (Å²) in [6.07, 6.45) is 2.33. The van der Waals surface area contributed by atoms with E-state index in [-0.39, 0.29) is 11.3 Å². The third kappa shape index (κ3) is 5.10. The van der Waals surface area contributed by atoms with E-state index >= 15 is 0 Å². The number of carbonyl (C=O) groups excluding carboxylic acids is 2. The number of rotatable bonds is 8. The lowest BCUT2D eigenvalue weighted by Gasteiger charge is -2.18. The summed E-state index contributed by atoms with van der Waals surface area (Å²) in [4.78, 5) is 35.6. The minimum atomic E-state index is -0.787. The molecule has 0 bridgehead atoms. The molecule has 0 aliphatic carbocycles. The molecule has 1 unspecified atom stereocenters. The number of non-ortho nitro benzene ring substituents is 1. The highest BCUT2D eigenvalue weighted by atomic mass is 32.2. The van der Waals surface area contributed by atoms with E-state index in [9.17, 15) is 19.7 Å². The van der Waals surface area contributed by atoms with Crippen LogP contribution in [0.4, 0.5) is 5.69 Å². The summed E-state index contributed by atoms with van der Waals surface area (Å²) in [5.41, 5.74) is 2.19. The highest BCUT2D eigenvalue weighted by Crippen LogP contribution is 2.30. The zero-order valence-electron chi connectivity index (χ0n) is 15.9. The van der Waals surface area contributed by atoms with Gasteiger partial charge in [-0.1, -0.05) is 24.3 Å². The number of nitro groups is 1. The van der Waals surface area contributed by atoms with Crippen LogP contribution in [0.5, 0.6) is 0 Å². The zero-order valence-corrected chi connectivity index (χ0v) is 16.7. The van der Waals surface area contributed by atoms with Crippen molar-refractivity contribution in [2.75, 3.05) is 19.1 Å². The number of methoxy groups -OCH3 is 1. The van der Waals surface area contributed by atoms with Crippen molar-refractivity contribution in [1.82, 2.24) is 5.32 Å². The maximum atomic E-state index is 12.9. The average Bonchev–Trinajstić information content (AvgIpc) is 2.70. The van der Waals surface area contributed by atoms with Gasteiger partial charge < -0.3 is 10.1 Å². The Kier molecular flexibility index (Phi) is 7.57. The maximum absolute atomic E-state index is 12.9. The Morgan fingerprint density at radius 3 is 2.54 bits per heavy atom. The van der Waals surface area contributed by atoms with E-state index in [1.165, 1.54) is 25.3 Å². The van der Waals surface area contributed by atoms with Crippen LogP contribution in [0, 0.1) is 17.0 Å². The normalized spacial score (nSPS) is 11.5. The van der Waals surface area contributed by atoms with Crippen molar-refractivity contribution in [2.24, 2.45) is 0 Å². The second-order valence-electron chi connectivity index (χ2n) is 6.13. The van der Waals surface area contributed by atoms with E-state index < -0.39 is 22.8 Å². The number of nitrogens with one attached hydrogen (secondary N) is 1. The average molecular weight is 402 g/mol. The number of carbonyl (C=O) groups is 2. The van der Waals surface area contributed by atoms with Gasteiger partial charge in [0.05, 0.1) is 12.0 Å². The van der Waals surface area contributed by atoms with Gasteiger partial charge in [0, 0.05) is 23.3 Å². The van der Waals surface area contributed by atoms with Crippen LogP contribution >= 0.6 is 11.8 Å². The molecule has 0 aromatic heterocycles. The van der Waals surface area contributed by atoms with Crippen LogP contribution in [0.2, 0.25) is 0 Å². The number of benzene rings is 2. The van der Waals surface area contributed by atoms with Crippen LogP contribution in [-0.4, -0.2) is 42.0 Å². The molecule has 2 aromatic rings. The summed E-state index contributed by atoms with van der Waals surface area (Å²) in [7, 11) is 1.27. The first kappa shape index (κ1) is 21.4. The molecule has 1 N–H and O–H groups in total. The first-order chi connectivity index (χ1) is 13.4. The van der Waals surface area contributed by atoms with E-state index in [1.54, 1.807) is 23.9 Å². The van der Waals surface area contributed by atoms with Crippen molar-refractivity contribution in [1.29, 1.82) is 0 Å². The minimum absolute atomic E-state index is 0.110. The summed E-state index contributed by atoms with van der Waals surface area (Å²) < 4.78 is 4.78. The summed E-state index contributed by atoms with van der Waals surface area (Å²) in [6, 6.07) is 10.6. The zero-order chi connectivity index (χ0) is 20.7. The summed E-state index contributed by atoms with van der Waals surface area (Å²) in [5, 5.41) is 13.9. The van der Waals surface area contributed by atoms with Gasteiger partial charge in [-0.25, -0.2) is 4.79 Å². The topological polar surface area (TPSA) is 98.5 Å². The molecule has 0 saturated carbocycles. The summed E-state index contributed by atoms with van der Waals surface area (Å²) in [6.45, 7) is 1.87. The smallest absolute Gasteiger partial charge is 0.328 e. The second-order valence-corrected chi connectivity index (χ2v) is 7.12. The SMILES string of the molecule is COC(=O)C(CCSC)NC(=O)c1ccc([N+](=O)[O-])cc1-c1ccccc1C. The van der Waals surface area contributed by atoms with Gasteiger partial charge in [-0.05, 0) is 42.5 Å². The standard InChI is InChI=1S/C20H22N2O5S/c1-13-6-4-5-7-15(13)17-12-14(22(25)26)8-9-16(17)19(23)21-18(10-11-28-3)20(24)27-2/h4-9,12,18H,10-11H2,1-3H3,(H,21,23). The van der Waals surface area contributed by atoms with Crippen molar-refractivity contribution < 1.29 is 19.2 Å². The number of ether oxygens (including phenoxy) is 1. The summed E-state index contributed by atoms with van der Waals surface area (Å²) >= 11 is 1.55. The van der Waals surface area contributed by atoms with Gasteiger partial charge in [0.25, 0.3) is 11.6 Å². The molecule has 0 aliphatic rings. The molecule has 0 aliphatic heterocycles. The van der Waals surface area contributed by atoms with Crippen molar-refractivity contribution in [3.8, 4) is 11.1 Å². The monoisotopic (exact) mass is 402 g/mol. The lowest BCUT2D eigenvalue weighted by Crippen LogP contribution is -2.42. The molecule has 0 spiro atoms. The van der Waals surface area contributed by atoms with Crippen LogP contribution < -0.4 is 5.32 Å². The van der Waals surface area contributed by atoms with Gasteiger partial charge >= 0.3 is 5.97 Å². The van der Waals surface area contributed by atoms with E-state index in [2.05, 4.69) is 5.32 Å². The lowest BCUT2D eigenvalue weighted by atomic mass is 9.95. The van der Waals surface area contributed by atoms with E-state index in [1.807, 2.05) is 25.3 Å². The van der Waals surface area contributed by atoms with Gasteiger partial charge in [-0.15, -0.1) is 0 Å². The van der Waals surface area contributed by atoms with Gasteiger partial charge in [0.1, 0.15) is 6.04 Å². The Labute approximate surface area is 167 Å². The minimum Gasteiger partial charge on any atom is -0.467 e. The summed E-state index contributed by atoms with van der Waals surface area (Å²) in [5.74, 6) is -0.336. The number of amides is 1. The molecule has 2 aromatic carbocycles. The van der Waals surface area contributed by atoms with E-state index in [0.29, 0.717) is 17.7 Å². The molecule has 0 saturated heterocycles. The molecule has 28 heavy (non-hydrogen) atoms. The fraction of sp³-hybridized carbons (Fsp3) is 0.300. The quantitative estimate of drug-likeness (QED) is 0.412. The van der Waals surface area contributed by atoms with E-state index in [0.717, 1.165) is 11.1 Å². The van der Waals surface area contributed by atoms with Crippen LogP contribution in [-0.2, 0) is 9.53 Å². The van der Waals surface area contributed by atoms with Crippen LogP contribution in [0.15, 0.2) is 42.5 Å². The largest absolute Gasteiger partial charge is 0.467 e. The fourth-order valence-electron chi connectivity index (χ4n) is 2.80. The van der Waals surface area contributed by atoms with Crippen molar-refractivity contribution in [2.45, 2.75) is 19.4 Å². The Bertz CT molecular complexity index is 885. The van der Waals surface area contributed by atoms with Gasteiger partial charge in [-0.3, -0.25) is 14.9 Å². The molecule has 0 heterocycles. The number of nitrogens with zero attached hydrogens (tertiary/aromatic N) is 1. The first-order valence-corrected chi connectivity index (χ1v) is 10.0. The Morgan fingerprint density at radius 2 is 1.93 bits per heavy atom. The number of hydrogen-bond donors (Lipinski definition) is 1. The third-order valence-corrected chi connectivity index (χ3v) is 4.94. The van der Waals surface area contributed by atoms with Crippen LogP contribution in [0.1, 0.15) is 22.3 Å². The Hall–Kier alpha value is -2.87. The second kappa shape index (κ2) is 9.89. The van der Waals surface area contributed by atoms with Crippen LogP contribution in [0.3, 0.4) is 0 Å². The highest BCUT2D eigenvalue weighted by Gasteiger charge is 2.24. The van der Waals surface area contributed by atoms with Gasteiger partial charge in [-0.2, -0.15) is 11.8 Å². The number of aryl methyl sites for hydroxylation is 1. The molecule has 0 radical (unpaired) electrons. The van der Waals surface area contributed by atoms with Crippen molar-refractivity contribution in [3.05, 3.63) is 63.7 Å². The van der Waals surface area contributed by atoms with E-state index in [4.69, 9.17) is 4.74 Å². The van der Waals surface area contributed by atoms with Gasteiger partial charge in [0.15, 0.2) is 0 Å².